The van der Waals surface area contributed by atoms with Crippen LogP contribution in [0.15, 0.2) is 24.7 Å². The second-order valence-corrected chi connectivity index (χ2v) is 6.85. The van der Waals surface area contributed by atoms with E-state index in [1.54, 1.807) is 11.1 Å². The third-order valence-electron chi connectivity index (χ3n) is 4.03. The van der Waals surface area contributed by atoms with Gasteiger partial charge in [0.25, 0.3) is 0 Å². The van der Waals surface area contributed by atoms with Gasteiger partial charge in [-0.1, -0.05) is 0 Å². The molecule has 1 atom stereocenters. The highest BCUT2D eigenvalue weighted by molar-refractivity contribution is 5.89. The molecule has 3 heterocycles. The Morgan fingerprint density at radius 3 is 2.87 bits per heavy atom. The van der Waals surface area contributed by atoms with Crippen LogP contribution < -0.4 is 5.32 Å². The van der Waals surface area contributed by atoms with Gasteiger partial charge in [-0.3, -0.25) is 14.0 Å². The Bertz CT molecular complexity index is 713. The summed E-state index contributed by atoms with van der Waals surface area (Å²) in [5.74, 6) is 0.244. The summed E-state index contributed by atoms with van der Waals surface area (Å²) < 4.78 is 1.81. The zero-order valence-electron chi connectivity index (χ0n) is 13.6. The third-order valence-corrected chi connectivity index (χ3v) is 4.03. The summed E-state index contributed by atoms with van der Waals surface area (Å²) in [6.45, 7) is 6.75. The average Bonchev–Trinajstić information content (AvgIpc) is 3.07. The number of amides is 2. The highest BCUT2D eigenvalue weighted by atomic mass is 16.2. The van der Waals surface area contributed by atoms with Crippen molar-refractivity contribution in [3.05, 3.63) is 30.4 Å². The molecule has 1 aliphatic rings. The third kappa shape index (κ3) is 3.18. The van der Waals surface area contributed by atoms with Crippen LogP contribution in [0.3, 0.4) is 0 Å². The molecule has 122 valence electrons. The largest absolute Gasteiger partial charge is 0.350 e. The van der Waals surface area contributed by atoms with Gasteiger partial charge in [0.05, 0.1) is 18.2 Å². The van der Waals surface area contributed by atoms with Crippen LogP contribution in [0.5, 0.6) is 0 Å². The minimum absolute atomic E-state index is 0.0366. The lowest BCUT2D eigenvalue weighted by molar-refractivity contribution is -0.132. The first-order chi connectivity index (χ1) is 10.8. The van der Waals surface area contributed by atoms with Crippen molar-refractivity contribution in [2.24, 2.45) is 5.92 Å². The maximum Gasteiger partial charge on any atom is 0.233 e. The Morgan fingerprint density at radius 2 is 2.22 bits per heavy atom. The monoisotopic (exact) mass is 315 g/mol. The van der Waals surface area contributed by atoms with Crippen LogP contribution in [0.1, 0.15) is 32.9 Å². The summed E-state index contributed by atoms with van der Waals surface area (Å²) in [6, 6.07) is 1.82. The summed E-state index contributed by atoms with van der Waals surface area (Å²) in [7, 11) is 0. The van der Waals surface area contributed by atoms with Gasteiger partial charge in [0.2, 0.25) is 17.6 Å². The molecule has 1 saturated heterocycles. The Hall–Kier alpha value is -2.44. The van der Waals surface area contributed by atoms with Crippen molar-refractivity contribution < 1.29 is 9.59 Å². The van der Waals surface area contributed by atoms with E-state index in [1.165, 1.54) is 0 Å². The Morgan fingerprint density at radius 1 is 1.43 bits per heavy atom. The zero-order chi connectivity index (χ0) is 16.6. The van der Waals surface area contributed by atoms with Crippen LogP contribution in [0.25, 0.3) is 5.78 Å². The normalized spacial score (nSPS) is 18.7. The molecule has 0 unspecified atom stereocenters. The fraction of sp³-hybridized carbons (Fsp3) is 0.500. The van der Waals surface area contributed by atoms with E-state index in [0.717, 1.165) is 5.69 Å². The van der Waals surface area contributed by atoms with Gasteiger partial charge in [0, 0.05) is 37.1 Å². The van der Waals surface area contributed by atoms with Gasteiger partial charge < -0.3 is 10.2 Å². The van der Waals surface area contributed by atoms with Crippen LogP contribution >= 0.6 is 0 Å². The number of hydrogen-bond acceptors (Lipinski definition) is 4. The Labute approximate surface area is 134 Å². The number of likely N-dealkylation sites (tertiary alicyclic amines) is 1. The van der Waals surface area contributed by atoms with E-state index >= 15 is 0 Å². The molecule has 23 heavy (non-hydrogen) atoms. The van der Waals surface area contributed by atoms with Gasteiger partial charge in [-0.15, -0.1) is 0 Å². The lowest BCUT2D eigenvalue weighted by Crippen LogP contribution is -2.43. The lowest BCUT2D eigenvalue weighted by atomic mass is 10.1. The molecule has 1 N–H and O–H groups in total. The summed E-state index contributed by atoms with van der Waals surface area (Å²) in [5.41, 5.74) is 0.494. The number of nitrogens with one attached hydrogen (secondary N) is 1. The Kier molecular flexibility index (Phi) is 3.79. The standard InChI is InChI=1S/C16H21N5O2/c1-16(2,3)21-9-11(7-13(21)22)14(23)18-8-12-10-20-6-4-5-17-15(20)19-12/h4-6,10-11H,7-9H2,1-3H3,(H,18,23)/t11-/m0/s1. The van der Waals surface area contributed by atoms with Crippen molar-refractivity contribution >= 4 is 17.6 Å². The molecule has 7 nitrogen and oxygen atoms in total. The van der Waals surface area contributed by atoms with Crippen molar-refractivity contribution in [1.29, 1.82) is 0 Å². The van der Waals surface area contributed by atoms with E-state index in [1.807, 2.05) is 43.6 Å². The van der Waals surface area contributed by atoms with Crippen LogP contribution in [-0.2, 0) is 16.1 Å². The molecule has 1 fully saturated rings. The van der Waals surface area contributed by atoms with Crippen molar-refractivity contribution in [2.75, 3.05) is 6.54 Å². The molecule has 0 aliphatic carbocycles. The van der Waals surface area contributed by atoms with Gasteiger partial charge in [0.1, 0.15) is 0 Å². The first kappa shape index (κ1) is 15.5. The van der Waals surface area contributed by atoms with Crippen LogP contribution in [-0.4, -0.2) is 43.2 Å². The van der Waals surface area contributed by atoms with Crippen molar-refractivity contribution in [3.63, 3.8) is 0 Å². The number of aromatic nitrogens is 3. The van der Waals surface area contributed by atoms with E-state index in [4.69, 9.17) is 0 Å². The van der Waals surface area contributed by atoms with E-state index in [9.17, 15) is 9.59 Å². The van der Waals surface area contributed by atoms with Crippen molar-refractivity contribution in [1.82, 2.24) is 24.6 Å². The summed E-state index contributed by atoms with van der Waals surface area (Å²) in [6.07, 6.45) is 5.65. The van der Waals surface area contributed by atoms with Gasteiger partial charge in [0.15, 0.2) is 0 Å². The van der Waals surface area contributed by atoms with E-state index < -0.39 is 0 Å². The molecule has 3 rings (SSSR count). The lowest BCUT2D eigenvalue weighted by Gasteiger charge is -2.31. The van der Waals surface area contributed by atoms with Gasteiger partial charge >= 0.3 is 0 Å². The smallest absolute Gasteiger partial charge is 0.233 e. The number of fused-ring (bicyclic) bond motifs is 1. The molecule has 1 aliphatic heterocycles. The molecule has 2 amide bonds. The average molecular weight is 315 g/mol. The van der Waals surface area contributed by atoms with Crippen molar-refractivity contribution in [3.8, 4) is 0 Å². The SMILES string of the molecule is CC(C)(C)N1C[C@@H](C(=O)NCc2cn3cccnc3n2)CC1=O. The fourth-order valence-corrected chi connectivity index (χ4v) is 2.82. The predicted molar refractivity (Wildman–Crippen MR) is 84.4 cm³/mol. The van der Waals surface area contributed by atoms with Crippen LogP contribution in [0.4, 0.5) is 0 Å². The molecule has 7 heteroatoms. The fourth-order valence-electron chi connectivity index (χ4n) is 2.82. The molecule has 2 aromatic rings. The van der Waals surface area contributed by atoms with Gasteiger partial charge in [-0.05, 0) is 26.8 Å². The second-order valence-electron chi connectivity index (χ2n) is 6.85. The number of rotatable bonds is 3. The number of carbonyl (C=O) groups is 2. The molecule has 0 saturated carbocycles. The van der Waals surface area contributed by atoms with Gasteiger partial charge in [-0.25, -0.2) is 9.97 Å². The zero-order valence-corrected chi connectivity index (χ0v) is 13.6. The number of carbonyl (C=O) groups excluding carboxylic acids is 2. The van der Waals surface area contributed by atoms with E-state index in [2.05, 4.69) is 15.3 Å². The van der Waals surface area contributed by atoms with Crippen LogP contribution in [0.2, 0.25) is 0 Å². The summed E-state index contributed by atoms with van der Waals surface area (Å²) >= 11 is 0. The maximum absolute atomic E-state index is 12.3. The molecule has 2 aromatic heterocycles. The minimum atomic E-state index is -0.295. The molecule has 0 bridgehead atoms. The molecule has 0 spiro atoms. The maximum atomic E-state index is 12.3. The minimum Gasteiger partial charge on any atom is -0.350 e. The number of imidazole rings is 1. The quantitative estimate of drug-likeness (QED) is 0.916. The number of hydrogen-bond donors (Lipinski definition) is 1. The highest BCUT2D eigenvalue weighted by Crippen LogP contribution is 2.25. The summed E-state index contributed by atoms with van der Waals surface area (Å²) in [5, 5.41) is 2.87. The molecule has 0 aromatic carbocycles. The van der Waals surface area contributed by atoms with Crippen molar-refractivity contribution in [2.45, 2.75) is 39.3 Å². The molecular formula is C16H21N5O2. The second kappa shape index (κ2) is 5.64. The highest BCUT2D eigenvalue weighted by Gasteiger charge is 2.39. The topological polar surface area (TPSA) is 79.6 Å². The molecule has 0 radical (unpaired) electrons. The first-order valence-corrected chi connectivity index (χ1v) is 7.71. The molecular weight excluding hydrogens is 294 g/mol. The van der Waals surface area contributed by atoms with Crippen LogP contribution in [0, 0.1) is 5.92 Å². The predicted octanol–water partition coefficient (Wildman–Crippen LogP) is 0.992. The van der Waals surface area contributed by atoms with E-state index in [0.29, 0.717) is 18.9 Å². The first-order valence-electron chi connectivity index (χ1n) is 7.71. The number of nitrogens with zero attached hydrogens (tertiary/aromatic N) is 4. The van der Waals surface area contributed by atoms with E-state index in [-0.39, 0.29) is 29.7 Å². The van der Waals surface area contributed by atoms with Gasteiger partial charge in [-0.2, -0.15) is 0 Å². The Balaban J connectivity index is 1.60. The summed E-state index contributed by atoms with van der Waals surface area (Å²) in [4.78, 5) is 34.6.